The van der Waals surface area contributed by atoms with E-state index in [0.29, 0.717) is 25.1 Å². The molecule has 0 heterocycles. The number of hydroxylamine groups is 1. The third-order valence-electron chi connectivity index (χ3n) is 5.64. The molecule has 1 atom stereocenters. The summed E-state index contributed by atoms with van der Waals surface area (Å²) in [5, 5.41) is 2.85. The van der Waals surface area contributed by atoms with E-state index in [1.165, 1.54) is 23.5 Å². The van der Waals surface area contributed by atoms with E-state index in [2.05, 4.69) is 10.8 Å². The van der Waals surface area contributed by atoms with Gasteiger partial charge in [0.25, 0.3) is 5.91 Å². The van der Waals surface area contributed by atoms with Gasteiger partial charge in [0, 0.05) is 13.1 Å². The molecule has 2 rings (SSSR count). The van der Waals surface area contributed by atoms with Gasteiger partial charge in [-0.2, -0.15) is 4.31 Å². The summed E-state index contributed by atoms with van der Waals surface area (Å²) < 4.78 is 34.3. The van der Waals surface area contributed by atoms with Gasteiger partial charge in [0.1, 0.15) is 11.8 Å². The summed E-state index contributed by atoms with van der Waals surface area (Å²) in [6.07, 6.45) is 1.30. The molecule has 0 aliphatic rings. The van der Waals surface area contributed by atoms with Crippen LogP contribution in [0.25, 0.3) is 0 Å². The summed E-state index contributed by atoms with van der Waals surface area (Å²) in [5.41, 5.74) is 2.54. The molecule has 0 aliphatic carbocycles. The molecule has 0 saturated carbocycles. The van der Waals surface area contributed by atoms with Crippen LogP contribution in [0.2, 0.25) is 0 Å². The predicted molar refractivity (Wildman–Crippen MR) is 150 cm³/mol. The highest BCUT2D eigenvalue weighted by molar-refractivity contribution is 7.89. The number of carbonyl (C=O) groups is 2. The van der Waals surface area contributed by atoms with Gasteiger partial charge in [0.2, 0.25) is 15.9 Å². The maximum atomic E-state index is 14.0. The average molecular weight is 563 g/mol. The Morgan fingerprint density at radius 3 is 2.18 bits per heavy atom. The molecule has 2 aromatic carbocycles. The Kier molecular flexibility index (Phi) is 12.4. The topological polar surface area (TPSA) is 117 Å². The SMILES string of the molecule is COc1ccc(S(=O)(=O)N(Cc2ccccc2)[C@H](CCCCNC(=O)CN(C)C)C(=O)NOC(C)(C)C)cc1. The number of carbonyl (C=O) groups excluding carboxylic acids is 2. The Hall–Kier alpha value is -2.99. The van der Waals surface area contributed by atoms with Crippen LogP contribution < -0.4 is 15.5 Å². The summed E-state index contributed by atoms with van der Waals surface area (Å²) in [4.78, 5) is 32.7. The Bertz CT molecular complexity index is 1150. The van der Waals surface area contributed by atoms with Crippen LogP contribution in [-0.2, 0) is 31.0 Å². The monoisotopic (exact) mass is 562 g/mol. The fraction of sp³-hybridized carbons (Fsp3) is 0.500. The number of amides is 2. The van der Waals surface area contributed by atoms with E-state index >= 15 is 0 Å². The second kappa shape index (κ2) is 15.0. The molecule has 216 valence electrons. The molecule has 11 heteroatoms. The van der Waals surface area contributed by atoms with Crippen LogP contribution in [0.15, 0.2) is 59.5 Å². The van der Waals surface area contributed by atoms with Gasteiger partial charge in [-0.25, -0.2) is 13.9 Å². The van der Waals surface area contributed by atoms with Crippen molar-refractivity contribution in [1.82, 2.24) is 20.0 Å². The van der Waals surface area contributed by atoms with Crippen LogP contribution in [0.1, 0.15) is 45.6 Å². The first-order valence-corrected chi connectivity index (χ1v) is 14.4. The van der Waals surface area contributed by atoms with E-state index in [1.807, 2.05) is 44.4 Å². The number of nitrogens with one attached hydrogen (secondary N) is 2. The lowest BCUT2D eigenvalue weighted by Gasteiger charge is -2.31. The van der Waals surface area contributed by atoms with E-state index in [1.54, 1.807) is 37.8 Å². The van der Waals surface area contributed by atoms with Crippen molar-refractivity contribution in [3.8, 4) is 5.75 Å². The lowest BCUT2D eigenvalue weighted by atomic mass is 10.1. The lowest BCUT2D eigenvalue weighted by Crippen LogP contribution is -2.50. The van der Waals surface area contributed by atoms with E-state index < -0.39 is 27.6 Å². The number of unbranched alkanes of at least 4 members (excludes halogenated alkanes) is 1. The van der Waals surface area contributed by atoms with E-state index in [4.69, 9.17) is 9.57 Å². The van der Waals surface area contributed by atoms with Gasteiger partial charge in [0.05, 0.1) is 24.2 Å². The van der Waals surface area contributed by atoms with E-state index in [-0.39, 0.29) is 30.3 Å². The zero-order valence-electron chi connectivity index (χ0n) is 23.8. The van der Waals surface area contributed by atoms with E-state index in [0.717, 1.165) is 5.56 Å². The van der Waals surface area contributed by atoms with Crippen LogP contribution in [0.3, 0.4) is 0 Å². The minimum atomic E-state index is -4.11. The van der Waals surface area contributed by atoms with E-state index in [9.17, 15) is 18.0 Å². The first-order valence-electron chi connectivity index (χ1n) is 12.9. The van der Waals surface area contributed by atoms with Gasteiger partial charge < -0.3 is 15.0 Å². The van der Waals surface area contributed by atoms with Crippen molar-refractivity contribution in [3.05, 3.63) is 60.2 Å². The van der Waals surface area contributed by atoms with Gasteiger partial charge in [-0.15, -0.1) is 0 Å². The molecule has 0 spiro atoms. The van der Waals surface area contributed by atoms with Gasteiger partial charge >= 0.3 is 0 Å². The third-order valence-corrected chi connectivity index (χ3v) is 7.51. The van der Waals surface area contributed by atoms with Crippen LogP contribution >= 0.6 is 0 Å². The molecule has 0 aliphatic heterocycles. The Morgan fingerprint density at radius 2 is 1.62 bits per heavy atom. The molecular weight excluding hydrogens is 520 g/mol. The molecule has 2 N–H and O–H groups in total. The Balaban J connectivity index is 2.35. The summed E-state index contributed by atoms with van der Waals surface area (Å²) in [5.74, 6) is -0.136. The predicted octanol–water partition coefficient (Wildman–Crippen LogP) is 2.95. The molecule has 0 aromatic heterocycles. The normalized spacial score (nSPS) is 12.8. The van der Waals surface area contributed by atoms with Crippen molar-refractivity contribution in [3.63, 3.8) is 0 Å². The summed E-state index contributed by atoms with van der Waals surface area (Å²) >= 11 is 0. The lowest BCUT2D eigenvalue weighted by molar-refractivity contribution is -0.149. The second-order valence-electron chi connectivity index (χ2n) is 10.5. The van der Waals surface area contributed by atoms with Gasteiger partial charge in [-0.1, -0.05) is 30.3 Å². The Labute approximate surface area is 232 Å². The molecule has 0 saturated heterocycles. The van der Waals surface area contributed by atoms with Crippen LogP contribution in [0.5, 0.6) is 5.75 Å². The molecule has 2 amide bonds. The maximum absolute atomic E-state index is 14.0. The van der Waals surface area contributed by atoms with Crippen LogP contribution in [0, 0.1) is 0 Å². The number of benzene rings is 2. The van der Waals surface area contributed by atoms with Crippen molar-refractivity contribution < 1.29 is 27.6 Å². The highest BCUT2D eigenvalue weighted by Gasteiger charge is 2.36. The molecular formula is C28H42N4O6S. The fourth-order valence-corrected chi connectivity index (χ4v) is 5.33. The fourth-order valence-electron chi connectivity index (χ4n) is 3.72. The molecule has 0 bridgehead atoms. The summed E-state index contributed by atoms with van der Waals surface area (Å²) in [7, 11) is 1.02. The van der Waals surface area contributed by atoms with Crippen LogP contribution in [0.4, 0.5) is 0 Å². The van der Waals surface area contributed by atoms with Gasteiger partial charge in [0.15, 0.2) is 0 Å². The minimum Gasteiger partial charge on any atom is -0.497 e. The highest BCUT2D eigenvalue weighted by atomic mass is 32.2. The van der Waals surface area contributed by atoms with Crippen molar-refractivity contribution in [2.75, 3.05) is 34.3 Å². The minimum absolute atomic E-state index is 0.0115. The second-order valence-corrected chi connectivity index (χ2v) is 12.4. The molecule has 0 unspecified atom stereocenters. The number of methoxy groups -OCH3 is 1. The first-order chi connectivity index (χ1) is 18.3. The molecule has 0 fully saturated rings. The molecule has 0 radical (unpaired) electrons. The molecule has 10 nitrogen and oxygen atoms in total. The van der Waals surface area contributed by atoms with Gasteiger partial charge in [-0.3, -0.25) is 14.4 Å². The zero-order chi connectivity index (χ0) is 29.1. The molecule has 39 heavy (non-hydrogen) atoms. The molecule has 2 aromatic rings. The largest absolute Gasteiger partial charge is 0.497 e. The van der Waals surface area contributed by atoms with Crippen molar-refractivity contribution in [2.24, 2.45) is 0 Å². The van der Waals surface area contributed by atoms with Crippen molar-refractivity contribution >= 4 is 21.8 Å². The third kappa shape index (κ3) is 11.0. The first kappa shape index (κ1) is 32.2. The number of likely N-dealkylation sites (N-methyl/N-ethyl adjacent to an activating group) is 1. The number of ether oxygens (including phenoxy) is 1. The van der Waals surface area contributed by atoms with Crippen LogP contribution in [-0.4, -0.2) is 75.4 Å². The summed E-state index contributed by atoms with van der Waals surface area (Å²) in [6.45, 7) is 6.05. The van der Waals surface area contributed by atoms with Gasteiger partial charge in [-0.05, 0) is 84.0 Å². The number of hydrogen-bond acceptors (Lipinski definition) is 7. The van der Waals surface area contributed by atoms with Crippen molar-refractivity contribution in [1.29, 1.82) is 0 Å². The van der Waals surface area contributed by atoms with Crippen molar-refractivity contribution in [2.45, 2.75) is 63.1 Å². The Morgan fingerprint density at radius 1 is 0.974 bits per heavy atom. The smallest absolute Gasteiger partial charge is 0.262 e. The number of sulfonamides is 1. The summed E-state index contributed by atoms with van der Waals surface area (Å²) in [6, 6.07) is 14.1. The average Bonchev–Trinajstić information content (AvgIpc) is 2.88. The number of hydrogen-bond donors (Lipinski definition) is 2. The standard InChI is InChI=1S/C28H42N4O6S/c1-28(2,3)38-30-27(34)25(14-10-11-19-29-26(33)21-31(4)5)32(20-22-12-8-7-9-13-22)39(35,36)24-17-15-23(37-6)16-18-24/h7-9,12-13,15-18,25H,10-11,14,19-21H2,1-6H3,(H,29,33)(H,30,34)/t25-/m1/s1. The number of nitrogens with zero attached hydrogens (tertiary/aromatic N) is 2. The number of rotatable bonds is 15. The maximum Gasteiger partial charge on any atom is 0.262 e. The highest BCUT2D eigenvalue weighted by Crippen LogP contribution is 2.26. The quantitative estimate of drug-likeness (QED) is 0.253. The zero-order valence-corrected chi connectivity index (χ0v) is 24.6.